The van der Waals surface area contributed by atoms with E-state index in [1.807, 2.05) is 19.9 Å². The topological polar surface area (TPSA) is 62.5 Å². The van der Waals surface area contributed by atoms with Crippen LogP contribution in [0.15, 0.2) is 21.6 Å². The minimum Gasteiger partial charge on any atom is -0.361 e. The summed E-state index contributed by atoms with van der Waals surface area (Å²) in [6.45, 7) is 5.29. The van der Waals surface area contributed by atoms with E-state index in [-0.39, 0.29) is 24.0 Å². The zero-order valence-electron chi connectivity index (χ0n) is 12.8. The predicted molar refractivity (Wildman–Crippen MR) is 103 cm³/mol. The van der Waals surface area contributed by atoms with Crippen LogP contribution in [0.25, 0.3) is 0 Å². The Morgan fingerprint density at radius 1 is 1.36 bits per heavy atom. The van der Waals surface area contributed by atoms with Crippen LogP contribution < -0.4 is 10.6 Å². The summed E-state index contributed by atoms with van der Waals surface area (Å²) in [4.78, 5) is 5.46. The normalized spacial score (nSPS) is 11.2. The van der Waals surface area contributed by atoms with Crippen molar-refractivity contribution in [3.63, 3.8) is 0 Å². The van der Waals surface area contributed by atoms with Gasteiger partial charge in [-0.25, -0.2) is 0 Å². The molecule has 0 atom stereocenters. The predicted octanol–water partition coefficient (Wildman–Crippen LogP) is 3.53. The number of nitrogens with zero attached hydrogens (tertiary/aromatic N) is 2. The fourth-order valence-corrected chi connectivity index (χ4v) is 3.02. The van der Waals surface area contributed by atoms with E-state index in [1.54, 1.807) is 18.4 Å². The number of guanidine groups is 1. The lowest BCUT2D eigenvalue weighted by Gasteiger charge is -2.11. The third-order valence-electron chi connectivity index (χ3n) is 3.13. The molecule has 0 saturated heterocycles. The van der Waals surface area contributed by atoms with Gasteiger partial charge in [-0.15, -0.1) is 35.3 Å². The minimum absolute atomic E-state index is 0. The Balaban J connectivity index is 0.00000242. The Morgan fingerprint density at radius 2 is 2.14 bits per heavy atom. The monoisotopic (exact) mass is 454 g/mol. The van der Waals surface area contributed by atoms with Gasteiger partial charge < -0.3 is 15.2 Å². The Labute approximate surface area is 156 Å². The van der Waals surface area contributed by atoms with Gasteiger partial charge in [0.05, 0.1) is 10.0 Å². The first-order valence-corrected chi connectivity index (χ1v) is 7.90. The fraction of sp³-hybridized carbons (Fsp3) is 0.429. The molecule has 0 aromatic carbocycles. The zero-order chi connectivity index (χ0) is 15.2. The van der Waals surface area contributed by atoms with E-state index in [1.165, 1.54) is 4.88 Å². The number of hydrogen-bond acceptors (Lipinski definition) is 4. The average molecular weight is 455 g/mol. The van der Waals surface area contributed by atoms with Crippen LogP contribution in [0.5, 0.6) is 0 Å². The second-order valence-electron chi connectivity index (χ2n) is 4.61. The average Bonchev–Trinajstić information content (AvgIpc) is 3.01. The van der Waals surface area contributed by atoms with Crippen LogP contribution in [0.1, 0.15) is 21.9 Å². The summed E-state index contributed by atoms with van der Waals surface area (Å²) in [5.74, 6) is 1.60. The highest BCUT2D eigenvalue weighted by molar-refractivity contribution is 14.0. The van der Waals surface area contributed by atoms with Gasteiger partial charge in [-0.2, -0.15) is 0 Å². The maximum atomic E-state index is 5.91. The largest absolute Gasteiger partial charge is 0.361 e. The number of hydrogen-bond donors (Lipinski definition) is 2. The van der Waals surface area contributed by atoms with Gasteiger partial charge in [-0.3, -0.25) is 4.99 Å². The van der Waals surface area contributed by atoms with Gasteiger partial charge >= 0.3 is 0 Å². The number of rotatable bonds is 5. The van der Waals surface area contributed by atoms with Gasteiger partial charge in [-0.1, -0.05) is 16.8 Å². The Kier molecular flexibility index (Phi) is 8.19. The van der Waals surface area contributed by atoms with E-state index in [9.17, 15) is 0 Å². The molecule has 5 nitrogen and oxygen atoms in total. The van der Waals surface area contributed by atoms with Crippen molar-refractivity contribution in [2.75, 3.05) is 13.6 Å². The molecule has 0 amide bonds. The highest BCUT2D eigenvalue weighted by Gasteiger charge is 2.09. The summed E-state index contributed by atoms with van der Waals surface area (Å²) < 4.78 is 5.97. The van der Waals surface area contributed by atoms with Crippen LogP contribution in [-0.4, -0.2) is 24.7 Å². The third-order valence-corrected chi connectivity index (χ3v) is 4.42. The summed E-state index contributed by atoms with van der Waals surface area (Å²) in [7, 11) is 1.75. The summed E-state index contributed by atoms with van der Waals surface area (Å²) >= 11 is 7.52. The van der Waals surface area contributed by atoms with E-state index < -0.39 is 0 Å². The number of nitrogens with one attached hydrogen (secondary N) is 2. The quantitative estimate of drug-likeness (QED) is 0.412. The molecule has 2 rings (SSSR count). The van der Waals surface area contributed by atoms with Crippen molar-refractivity contribution in [1.29, 1.82) is 0 Å². The van der Waals surface area contributed by atoms with E-state index in [2.05, 4.69) is 26.8 Å². The maximum Gasteiger partial charge on any atom is 0.191 e. The van der Waals surface area contributed by atoms with Crippen molar-refractivity contribution in [1.82, 2.24) is 15.8 Å². The molecule has 0 bridgehead atoms. The first kappa shape index (κ1) is 19.2. The molecule has 0 aliphatic heterocycles. The Bertz CT molecular complexity index is 607. The summed E-state index contributed by atoms with van der Waals surface area (Å²) in [6, 6.07) is 3.97. The van der Waals surface area contributed by atoms with Gasteiger partial charge in [-0.05, 0) is 32.4 Å². The molecule has 0 unspecified atom stereocenters. The number of halogens is 2. The lowest BCUT2D eigenvalue weighted by atomic mass is 10.2. The third kappa shape index (κ3) is 5.44. The number of aryl methyl sites for hydroxylation is 2. The van der Waals surface area contributed by atoms with Crippen molar-refractivity contribution >= 4 is 52.9 Å². The summed E-state index contributed by atoms with van der Waals surface area (Å²) in [5, 5.41) is 10.5. The highest BCUT2D eigenvalue weighted by atomic mass is 127. The van der Waals surface area contributed by atoms with E-state index in [0.717, 1.165) is 40.3 Å². The molecule has 8 heteroatoms. The number of aromatic nitrogens is 1. The molecule has 122 valence electrons. The van der Waals surface area contributed by atoms with Gasteiger partial charge in [0.25, 0.3) is 0 Å². The van der Waals surface area contributed by atoms with Crippen LogP contribution in [0.3, 0.4) is 0 Å². The second kappa shape index (κ2) is 9.36. The summed E-state index contributed by atoms with van der Waals surface area (Å²) in [5.41, 5.74) is 1.98. The number of thiophene rings is 1. The summed E-state index contributed by atoms with van der Waals surface area (Å²) in [6.07, 6.45) is 0.920. The van der Waals surface area contributed by atoms with E-state index >= 15 is 0 Å². The molecule has 0 saturated carbocycles. The van der Waals surface area contributed by atoms with Crippen molar-refractivity contribution in [3.8, 4) is 0 Å². The SMILES string of the molecule is CN=C(NCCc1ccc(Cl)s1)NCc1c(C)noc1C.I. The van der Waals surface area contributed by atoms with Crippen molar-refractivity contribution in [2.45, 2.75) is 26.8 Å². The molecule has 0 aliphatic rings. The lowest BCUT2D eigenvalue weighted by Crippen LogP contribution is -2.38. The highest BCUT2D eigenvalue weighted by Crippen LogP contribution is 2.21. The van der Waals surface area contributed by atoms with Gasteiger partial charge in [0.15, 0.2) is 5.96 Å². The zero-order valence-corrected chi connectivity index (χ0v) is 16.7. The molecule has 0 fully saturated rings. The molecule has 2 N–H and O–H groups in total. The molecular formula is C14H20ClIN4OS. The van der Waals surface area contributed by atoms with Crippen LogP contribution in [0.4, 0.5) is 0 Å². The maximum absolute atomic E-state index is 5.91. The van der Waals surface area contributed by atoms with Crippen LogP contribution in [0.2, 0.25) is 4.34 Å². The molecule has 0 radical (unpaired) electrons. The van der Waals surface area contributed by atoms with Gasteiger partial charge in [0, 0.05) is 30.6 Å². The van der Waals surface area contributed by atoms with Crippen molar-refractivity contribution in [2.24, 2.45) is 4.99 Å². The van der Waals surface area contributed by atoms with Gasteiger partial charge in [0.2, 0.25) is 0 Å². The molecule has 2 heterocycles. The van der Waals surface area contributed by atoms with Crippen LogP contribution in [0, 0.1) is 13.8 Å². The Hall–Kier alpha value is -0.800. The van der Waals surface area contributed by atoms with Crippen molar-refractivity contribution < 1.29 is 4.52 Å². The first-order valence-electron chi connectivity index (χ1n) is 6.70. The lowest BCUT2D eigenvalue weighted by molar-refractivity contribution is 0.392. The Morgan fingerprint density at radius 3 is 2.68 bits per heavy atom. The second-order valence-corrected chi connectivity index (χ2v) is 6.41. The van der Waals surface area contributed by atoms with Crippen LogP contribution >= 0.6 is 46.9 Å². The van der Waals surface area contributed by atoms with Gasteiger partial charge in [0.1, 0.15) is 5.76 Å². The van der Waals surface area contributed by atoms with Crippen molar-refractivity contribution in [3.05, 3.63) is 38.4 Å². The smallest absolute Gasteiger partial charge is 0.191 e. The van der Waals surface area contributed by atoms with E-state index in [0.29, 0.717) is 6.54 Å². The van der Waals surface area contributed by atoms with Crippen LogP contribution in [-0.2, 0) is 13.0 Å². The molecule has 22 heavy (non-hydrogen) atoms. The first-order chi connectivity index (χ1) is 10.1. The molecular weight excluding hydrogens is 435 g/mol. The number of aliphatic imine (C=N–C) groups is 1. The molecule has 0 aliphatic carbocycles. The van der Waals surface area contributed by atoms with E-state index in [4.69, 9.17) is 16.1 Å². The standard InChI is InChI=1S/C14H19ClN4OS.HI/c1-9-12(10(2)20-19-9)8-18-14(16-3)17-7-6-11-4-5-13(15)21-11;/h4-5H,6-8H2,1-3H3,(H2,16,17,18);1H. The molecule has 2 aromatic rings. The fourth-order valence-electron chi connectivity index (χ4n) is 1.94. The minimum atomic E-state index is 0. The molecule has 0 spiro atoms. The molecule has 2 aromatic heterocycles.